The Kier molecular flexibility index (Phi) is 17.7. The number of fused-ring (bicyclic) bond motifs is 35. The highest BCUT2D eigenvalue weighted by molar-refractivity contribution is 7.86. The number of hydrogen-bond donors (Lipinski definition) is 0. The highest BCUT2D eigenvalue weighted by Gasteiger charge is 2.38. The average molecular weight is 1740 g/mol. The van der Waals surface area contributed by atoms with Crippen LogP contribution in [0.2, 0.25) is 0 Å². The number of para-hydroxylation sites is 8. The smallest absolute Gasteiger partial charge is 0.171 e. The molecular weight excluding hydrogens is 1670 g/mol. The van der Waals surface area contributed by atoms with Gasteiger partial charge in [-0.05, 0) is 186 Å². The molecule has 620 valence electrons. The van der Waals surface area contributed by atoms with Crippen LogP contribution in [0.3, 0.4) is 0 Å². The summed E-state index contributed by atoms with van der Waals surface area (Å²) in [5, 5.41) is 28.1. The van der Waals surface area contributed by atoms with Crippen molar-refractivity contribution < 1.29 is 13.7 Å². The molecule has 0 saturated carbocycles. The second-order valence-electron chi connectivity index (χ2n) is 34.4. The molecule has 10 nitrogen and oxygen atoms in total. The van der Waals surface area contributed by atoms with Crippen LogP contribution in [-0.2, 0) is 20.1 Å². The molecule has 0 amide bonds. The number of imidazole rings is 3. The quantitative estimate of drug-likeness (QED) is 0.104. The number of rotatable bonds is 9. The SMILES string of the molecule is O=P(c1ccc2ccccc2c1)(c1ccc2ccccc2c1)c1cccc2c1c1c3ccccc3ccc1c1nc3ccccc3n21.O=P(c1ccccc1)(c1ccc2c(c1)-c1ccccc1C2)c1ccc2ccc3c(c2c1)c1ccccc1n1c2ccccc2nc31.O=P(c1ccccc1)(c1ccncc1)c1cccc2ccc3c(c4ccccc4n4c5ccccc5nc34)c12. The van der Waals surface area contributed by atoms with Gasteiger partial charge in [0, 0.05) is 114 Å². The molecule has 0 bridgehead atoms. The van der Waals surface area contributed by atoms with Gasteiger partial charge in [0.15, 0.2) is 21.4 Å². The molecule has 0 radical (unpaired) electrons. The fraction of sp³-hybridized carbons (Fsp3) is 0.00840. The second kappa shape index (κ2) is 30.3. The van der Waals surface area contributed by atoms with E-state index in [1.165, 1.54) is 22.3 Å². The molecule has 0 fully saturated rings. The average Bonchev–Trinajstić information content (AvgIpc) is 1.49. The minimum atomic E-state index is -3.47. The van der Waals surface area contributed by atoms with Crippen molar-refractivity contribution >= 4 is 238 Å². The molecule has 1 aliphatic rings. The molecule has 13 heteroatoms. The van der Waals surface area contributed by atoms with Gasteiger partial charge in [0.25, 0.3) is 0 Å². The molecule has 1 aliphatic carbocycles. The van der Waals surface area contributed by atoms with E-state index in [1.54, 1.807) is 12.4 Å². The third-order valence-electron chi connectivity index (χ3n) is 27.3. The number of nitrogens with zero attached hydrogens (tertiary/aromatic N) is 7. The van der Waals surface area contributed by atoms with Gasteiger partial charge in [0.05, 0.1) is 49.7 Å². The van der Waals surface area contributed by atoms with Crippen LogP contribution in [-0.4, -0.2) is 33.1 Å². The highest BCUT2D eigenvalue weighted by atomic mass is 31.2. The zero-order valence-electron chi connectivity index (χ0n) is 71.1. The van der Waals surface area contributed by atoms with Gasteiger partial charge < -0.3 is 13.7 Å². The maximum Gasteiger partial charge on any atom is 0.171 e. The molecule has 0 N–H and O–H groups in total. The maximum absolute atomic E-state index is 16.6. The molecule has 28 rings (SSSR count). The van der Waals surface area contributed by atoms with Crippen LogP contribution in [0.5, 0.6) is 0 Å². The first-order valence-corrected chi connectivity index (χ1v) is 49.7. The summed E-state index contributed by atoms with van der Waals surface area (Å²) < 4.78 is 54.9. The summed E-state index contributed by atoms with van der Waals surface area (Å²) in [4.78, 5) is 19.6. The summed E-state index contributed by atoms with van der Waals surface area (Å²) in [6, 6.07) is 150. The van der Waals surface area contributed by atoms with E-state index in [0.29, 0.717) is 0 Å². The lowest BCUT2D eigenvalue weighted by Gasteiger charge is -2.24. The Hall–Kier alpha value is -16.1. The zero-order chi connectivity index (χ0) is 87.5. The van der Waals surface area contributed by atoms with E-state index in [9.17, 15) is 0 Å². The predicted octanol–water partition coefficient (Wildman–Crippen LogP) is 26.0. The van der Waals surface area contributed by atoms with Crippen molar-refractivity contribution in [1.29, 1.82) is 0 Å². The monoisotopic (exact) mass is 1740 g/mol. The molecule has 0 saturated heterocycles. The van der Waals surface area contributed by atoms with E-state index in [4.69, 9.17) is 15.0 Å². The summed E-state index contributed by atoms with van der Waals surface area (Å²) in [5.74, 6) is 0. The molecule has 132 heavy (non-hydrogen) atoms. The van der Waals surface area contributed by atoms with Crippen molar-refractivity contribution in [3.8, 4) is 11.1 Å². The molecule has 0 spiro atoms. The molecule has 2 unspecified atom stereocenters. The summed E-state index contributed by atoms with van der Waals surface area (Å²) in [5.41, 5.74) is 17.0. The largest absolute Gasteiger partial charge is 0.309 e. The third-order valence-corrected chi connectivity index (χ3v) is 36.5. The van der Waals surface area contributed by atoms with E-state index in [1.807, 2.05) is 127 Å². The maximum atomic E-state index is 16.6. The lowest BCUT2D eigenvalue weighted by molar-refractivity contribution is 0.591. The normalized spacial score (nSPS) is 13.2. The molecule has 0 aliphatic heterocycles. The second-order valence-corrected chi connectivity index (χ2v) is 42.6. The van der Waals surface area contributed by atoms with Crippen molar-refractivity contribution in [1.82, 2.24) is 33.1 Å². The van der Waals surface area contributed by atoms with Gasteiger partial charge in [-0.25, -0.2) is 15.0 Å². The lowest BCUT2D eigenvalue weighted by atomic mass is 9.99. The van der Waals surface area contributed by atoms with Crippen molar-refractivity contribution in [3.05, 3.63) is 460 Å². The van der Waals surface area contributed by atoms with Crippen LogP contribution in [0, 0.1) is 0 Å². The van der Waals surface area contributed by atoms with Crippen LogP contribution < -0.4 is 47.7 Å². The first kappa shape index (κ1) is 77.1. The molecule has 7 aromatic heterocycles. The highest BCUT2D eigenvalue weighted by Crippen LogP contribution is 2.52. The van der Waals surface area contributed by atoms with Crippen LogP contribution in [0.25, 0.3) is 180 Å². The van der Waals surface area contributed by atoms with E-state index in [-0.39, 0.29) is 0 Å². The van der Waals surface area contributed by atoms with Gasteiger partial charge in [-0.1, -0.05) is 328 Å². The molecule has 2 atom stereocenters. The van der Waals surface area contributed by atoms with Crippen LogP contribution in [0.15, 0.2) is 449 Å². The Bertz CT molecular complexity index is 9610. The third kappa shape index (κ3) is 11.7. The Morgan fingerprint density at radius 1 is 0.205 bits per heavy atom. The topological polar surface area (TPSA) is 116 Å². The first-order valence-electron chi connectivity index (χ1n) is 44.6. The molecule has 20 aromatic carbocycles. The number of aromatic nitrogens is 7. The fourth-order valence-electron chi connectivity index (χ4n) is 21.3. The van der Waals surface area contributed by atoms with Crippen LogP contribution >= 0.6 is 21.4 Å². The van der Waals surface area contributed by atoms with E-state index >= 15 is 13.7 Å². The minimum absolute atomic E-state index is 0.769. The Morgan fingerprint density at radius 2 is 0.576 bits per heavy atom. The number of pyridine rings is 4. The molecular formula is C119H76N7O3P3. The van der Waals surface area contributed by atoms with Gasteiger partial charge in [-0.15, -0.1) is 0 Å². The summed E-state index contributed by atoms with van der Waals surface area (Å²) in [6.45, 7) is 0. The minimum Gasteiger partial charge on any atom is -0.309 e. The van der Waals surface area contributed by atoms with Crippen molar-refractivity contribution in [2.45, 2.75) is 6.42 Å². The van der Waals surface area contributed by atoms with E-state index in [0.717, 1.165) is 223 Å². The van der Waals surface area contributed by atoms with Gasteiger partial charge in [-0.3, -0.25) is 18.2 Å². The fourth-order valence-corrected chi connectivity index (χ4v) is 29.8. The Balaban J connectivity index is 0.000000104. The summed E-state index contributed by atoms with van der Waals surface area (Å²) in [6.07, 6.45) is 4.36. The van der Waals surface area contributed by atoms with Crippen molar-refractivity contribution in [2.75, 3.05) is 0 Å². The van der Waals surface area contributed by atoms with Crippen molar-refractivity contribution in [2.24, 2.45) is 0 Å². The van der Waals surface area contributed by atoms with Gasteiger partial charge in [0.2, 0.25) is 0 Å². The first-order chi connectivity index (χ1) is 65.1. The number of hydrogen-bond acceptors (Lipinski definition) is 7. The lowest BCUT2D eigenvalue weighted by Crippen LogP contribution is -2.26. The summed E-state index contributed by atoms with van der Waals surface area (Å²) in [7, 11) is -9.98. The standard InChI is InChI=1S/C43H27N2OP.C42H27N2OP.C34H22N3OP/c46-47(33-23-20-28-10-1-3-13-31(28)26-33,34-24-21-29-11-2-4-14-32(29)27-34)40-19-9-18-39-42(40)41-35-15-6-5-12-30(35)22-25-36(41)43-44-37-16-7-8-17-38(37)45(39)43;45-46(30-11-2-1-3-12-30,31-22-19-29-24-28-10-4-5-13-33(28)36(29)25-31)32-21-18-27-20-23-35-41(37(27)26-32)34-14-6-8-16-39(34)44-40-17-9-7-15-38(40)43-42(35)44;38-39(24-10-2-1-3-11-24,25-19-21-35-22-20-25)31-16-8-9-23-17-18-27-33(32(23)31)26-12-4-6-14-29(26)37-30-15-7-5-13-28(30)36-34(27)37/h1-27H;1-23,25-26H,24H2;1-22H. The van der Waals surface area contributed by atoms with Crippen molar-refractivity contribution in [3.63, 3.8) is 0 Å². The Labute approximate surface area is 757 Å². The predicted molar refractivity (Wildman–Crippen MR) is 555 cm³/mol. The van der Waals surface area contributed by atoms with E-state index < -0.39 is 21.4 Å². The summed E-state index contributed by atoms with van der Waals surface area (Å²) >= 11 is 0. The van der Waals surface area contributed by atoms with Gasteiger partial charge >= 0.3 is 0 Å². The number of benzene rings is 20. The van der Waals surface area contributed by atoms with E-state index in [2.05, 4.69) is 328 Å². The zero-order valence-corrected chi connectivity index (χ0v) is 73.8. The van der Waals surface area contributed by atoms with Gasteiger partial charge in [0.1, 0.15) is 16.9 Å². The molecule has 7 heterocycles. The Morgan fingerprint density at radius 3 is 1.17 bits per heavy atom. The molecule has 27 aromatic rings. The van der Waals surface area contributed by atoms with Crippen LogP contribution in [0.1, 0.15) is 11.1 Å². The van der Waals surface area contributed by atoms with Crippen LogP contribution in [0.4, 0.5) is 0 Å². The van der Waals surface area contributed by atoms with Gasteiger partial charge in [-0.2, -0.15) is 0 Å².